The molecule has 0 bridgehead atoms. The quantitative estimate of drug-likeness (QED) is 0.728. The maximum absolute atomic E-state index is 8.76. The van der Waals surface area contributed by atoms with Gasteiger partial charge in [0, 0.05) is 24.1 Å². The molecule has 0 unspecified atom stereocenters. The van der Waals surface area contributed by atoms with Crippen molar-refractivity contribution in [2.24, 2.45) is 0 Å². The van der Waals surface area contributed by atoms with Gasteiger partial charge in [0.2, 0.25) is 0 Å². The van der Waals surface area contributed by atoms with Crippen LogP contribution < -0.4 is 5.32 Å². The molecule has 1 aromatic carbocycles. The third kappa shape index (κ3) is 4.69. The predicted octanol–water partition coefficient (Wildman–Crippen LogP) is 2.27. The Hall–Kier alpha value is -0.510. The minimum atomic E-state index is 0.250. The van der Waals surface area contributed by atoms with Crippen LogP contribution in [-0.2, 0) is 6.54 Å². The molecule has 2 N–H and O–H groups in total. The summed E-state index contributed by atoms with van der Waals surface area (Å²) in [5.41, 5.74) is 1.29. The first-order valence-corrected chi connectivity index (χ1v) is 6.46. The van der Waals surface area contributed by atoms with E-state index >= 15 is 0 Å². The Morgan fingerprint density at radius 1 is 1.33 bits per heavy atom. The molecule has 84 valence electrons. The van der Waals surface area contributed by atoms with Gasteiger partial charge >= 0.3 is 0 Å². The molecule has 1 aromatic rings. The molecule has 0 saturated heterocycles. The fraction of sp³-hybridized carbons (Fsp3) is 0.500. The van der Waals surface area contributed by atoms with Crippen molar-refractivity contribution < 1.29 is 5.11 Å². The molecule has 0 aliphatic carbocycles. The van der Waals surface area contributed by atoms with E-state index in [1.807, 2.05) is 0 Å². The molecule has 0 spiro atoms. The summed E-state index contributed by atoms with van der Waals surface area (Å²) in [4.78, 5) is 1.29. The van der Waals surface area contributed by atoms with Crippen molar-refractivity contribution in [1.29, 1.82) is 0 Å². The highest BCUT2D eigenvalue weighted by Gasteiger charge is 2.00. The Balaban J connectivity index is 2.37. The van der Waals surface area contributed by atoms with Gasteiger partial charge in [-0.3, -0.25) is 0 Å². The van der Waals surface area contributed by atoms with Crippen molar-refractivity contribution in [1.82, 2.24) is 5.32 Å². The molecule has 0 amide bonds. The standard InChI is InChI=1S/C12H19NOS/c1-10(7-8-14)13-9-11-3-5-12(15-2)6-4-11/h3-6,10,13-14H,7-9H2,1-2H3/t10-/m1/s1. The molecule has 0 aliphatic rings. The van der Waals surface area contributed by atoms with Gasteiger partial charge in [-0.2, -0.15) is 0 Å². The molecule has 3 heteroatoms. The number of hydrogen-bond acceptors (Lipinski definition) is 3. The predicted molar refractivity (Wildman–Crippen MR) is 66.2 cm³/mol. The number of benzene rings is 1. The lowest BCUT2D eigenvalue weighted by molar-refractivity contribution is 0.268. The lowest BCUT2D eigenvalue weighted by Crippen LogP contribution is -2.26. The van der Waals surface area contributed by atoms with Gasteiger partial charge in [-0.15, -0.1) is 11.8 Å². The van der Waals surface area contributed by atoms with E-state index in [-0.39, 0.29) is 6.61 Å². The van der Waals surface area contributed by atoms with Crippen LogP contribution in [0.3, 0.4) is 0 Å². The summed E-state index contributed by atoms with van der Waals surface area (Å²) in [5.74, 6) is 0. The Morgan fingerprint density at radius 2 is 2.00 bits per heavy atom. The van der Waals surface area contributed by atoms with Crippen molar-refractivity contribution in [3.8, 4) is 0 Å². The fourth-order valence-corrected chi connectivity index (χ4v) is 1.74. The largest absolute Gasteiger partial charge is 0.396 e. The molecule has 0 saturated carbocycles. The van der Waals surface area contributed by atoms with E-state index in [9.17, 15) is 0 Å². The maximum atomic E-state index is 8.76. The molecular weight excluding hydrogens is 206 g/mol. The Bertz CT molecular complexity index is 273. The second-order valence-electron chi connectivity index (χ2n) is 3.64. The number of nitrogens with one attached hydrogen (secondary N) is 1. The molecule has 0 fully saturated rings. The highest BCUT2D eigenvalue weighted by Crippen LogP contribution is 2.14. The van der Waals surface area contributed by atoms with E-state index in [0.717, 1.165) is 13.0 Å². The van der Waals surface area contributed by atoms with Crippen LogP contribution in [0.25, 0.3) is 0 Å². The number of thioether (sulfide) groups is 1. The summed E-state index contributed by atoms with van der Waals surface area (Å²) in [6.45, 7) is 3.21. The highest BCUT2D eigenvalue weighted by molar-refractivity contribution is 7.98. The van der Waals surface area contributed by atoms with Gasteiger partial charge in [-0.1, -0.05) is 12.1 Å². The smallest absolute Gasteiger partial charge is 0.0445 e. The second kappa shape index (κ2) is 6.88. The number of rotatable bonds is 6. The van der Waals surface area contributed by atoms with Crippen molar-refractivity contribution in [3.63, 3.8) is 0 Å². The zero-order valence-corrected chi connectivity index (χ0v) is 10.2. The molecule has 2 nitrogen and oxygen atoms in total. The van der Waals surface area contributed by atoms with Crippen LogP contribution >= 0.6 is 11.8 Å². The molecular formula is C12H19NOS. The van der Waals surface area contributed by atoms with Crippen LogP contribution in [-0.4, -0.2) is 24.0 Å². The third-order valence-corrected chi connectivity index (χ3v) is 3.12. The summed E-state index contributed by atoms with van der Waals surface area (Å²) in [6, 6.07) is 8.93. The van der Waals surface area contributed by atoms with Crippen LogP contribution in [0.1, 0.15) is 18.9 Å². The maximum Gasteiger partial charge on any atom is 0.0445 e. The van der Waals surface area contributed by atoms with Crippen molar-refractivity contribution in [2.45, 2.75) is 30.8 Å². The summed E-state index contributed by atoms with van der Waals surface area (Å²) < 4.78 is 0. The van der Waals surface area contributed by atoms with E-state index < -0.39 is 0 Å². The first-order chi connectivity index (χ1) is 7.26. The van der Waals surface area contributed by atoms with E-state index in [1.165, 1.54) is 10.5 Å². The summed E-state index contributed by atoms with van der Waals surface area (Å²) in [5, 5.41) is 12.1. The van der Waals surface area contributed by atoms with Crippen molar-refractivity contribution >= 4 is 11.8 Å². The van der Waals surface area contributed by atoms with Gasteiger partial charge in [-0.25, -0.2) is 0 Å². The van der Waals surface area contributed by atoms with Gasteiger partial charge < -0.3 is 10.4 Å². The van der Waals surface area contributed by atoms with Crippen molar-refractivity contribution in [3.05, 3.63) is 29.8 Å². The first-order valence-electron chi connectivity index (χ1n) is 5.23. The average Bonchev–Trinajstić information content (AvgIpc) is 2.27. The molecule has 0 aliphatic heterocycles. The topological polar surface area (TPSA) is 32.3 Å². The first kappa shape index (κ1) is 12.6. The fourth-order valence-electron chi connectivity index (χ4n) is 1.33. The van der Waals surface area contributed by atoms with Crippen LogP contribution in [0.15, 0.2) is 29.2 Å². The zero-order chi connectivity index (χ0) is 11.1. The van der Waals surface area contributed by atoms with Crippen molar-refractivity contribution in [2.75, 3.05) is 12.9 Å². The van der Waals surface area contributed by atoms with Gasteiger partial charge in [0.05, 0.1) is 0 Å². The van der Waals surface area contributed by atoms with Gasteiger partial charge in [0.15, 0.2) is 0 Å². The molecule has 0 radical (unpaired) electrons. The Labute approximate surface area is 96.1 Å². The number of hydrogen-bond donors (Lipinski definition) is 2. The minimum Gasteiger partial charge on any atom is -0.396 e. The third-order valence-electron chi connectivity index (χ3n) is 2.38. The normalized spacial score (nSPS) is 12.7. The van der Waals surface area contributed by atoms with Crippen LogP contribution in [0.5, 0.6) is 0 Å². The van der Waals surface area contributed by atoms with E-state index in [0.29, 0.717) is 6.04 Å². The molecule has 1 atom stereocenters. The molecule has 0 aromatic heterocycles. The Kier molecular flexibility index (Phi) is 5.76. The average molecular weight is 225 g/mol. The summed E-state index contributed by atoms with van der Waals surface area (Å²) in [7, 11) is 0. The number of aliphatic hydroxyl groups is 1. The lowest BCUT2D eigenvalue weighted by atomic mass is 10.2. The zero-order valence-electron chi connectivity index (χ0n) is 9.36. The van der Waals surface area contributed by atoms with Crippen LogP contribution in [0, 0.1) is 0 Å². The number of aliphatic hydroxyl groups excluding tert-OH is 1. The van der Waals surface area contributed by atoms with Crippen LogP contribution in [0.4, 0.5) is 0 Å². The summed E-state index contributed by atoms with van der Waals surface area (Å²) >= 11 is 1.76. The highest BCUT2D eigenvalue weighted by atomic mass is 32.2. The molecule has 1 rings (SSSR count). The minimum absolute atomic E-state index is 0.250. The monoisotopic (exact) mass is 225 g/mol. The Morgan fingerprint density at radius 3 is 2.53 bits per heavy atom. The van der Waals surface area contributed by atoms with Gasteiger partial charge in [0.25, 0.3) is 0 Å². The van der Waals surface area contributed by atoms with E-state index in [1.54, 1.807) is 11.8 Å². The second-order valence-corrected chi connectivity index (χ2v) is 4.52. The molecule has 15 heavy (non-hydrogen) atoms. The lowest BCUT2D eigenvalue weighted by Gasteiger charge is -2.12. The van der Waals surface area contributed by atoms with Gasteiger partial charge in [-0.05, 0) is 37.3 Å². The SMILES string of the molecule is CSc1ccc(CN[C@H](C)CCO)cc1. The van der Waals surface area contributed by atoms with Crippen LogP contribution in [0.2, 0.25) is 0 Å². The van der Waals surface area contributed by atoms with E-state index in [2.05, 4.69) is 42.8 Å². The van der Waals surface area contributed by atoms with Gasteiger partial charge in [0.1, 0.15) is 0 Å². The van der Waals surface area contributed by atoms with E-state index in [4.69, 9.17) is 5.11 Å². The summed E-state index contributed by atoms with van der Waals surface area (Å²) in [6.07, 6.45) is 2.89. The molecule has 0 heterocycles.